The minimum atomic E-state index is -0.901. The molecule has 0 amide bonds. The Hall–Kier alpha value is -2.04. The van der Waals surface area contributed by atoms with Crippen molar-refractivity contribution in [1.82, 2.24) is 0 Å². The number of ether oxygens (including phenoxy) is 2. The zero-order chi connectivity index (χ0) is 16.4. The molecule has 0 bridgehead atoms. The Bertz CT molecular complexity index is 621. The number of carbonyl (C=O) groups is 1. The maximum Gasteiger partial charge on any atom is 0.197 e. The Morgan fingerprint density at radius 1 is 1.30 bits per heavy atom. The number of hydrogen-bond acceptors (Lipinski definition) is 5. The molecule has 1 aliphatic carbocycles. The van der Waals surface area contributed by atoms with Crippen molar-refractivity contribution in [1.29, 1.82) is 0 Å². The first-order chi connectivity index (χ1) is 11.1. The van der Waals surface area contributed by atoms with Gasteiger partial charge in [0.15, 0.2) is 23.4 Å². The molecule has 2 aliphatic rings. The predicted molar refractivity (Wildman–Crippen MR) is 87.1 cm³/mol. The molecule has 3 rings (SSSR count). The van der Waals surface area contributed by atoms with Crippen molar-refractivity contribution in [3.8, 4) is 11.5 Å². The van der Waals surface area contributed by atoms with E-state index in [9.17, 15) is 4.79 Å². The first-order valence-electron chi connectivity index (χ1n) is 8.15. The lowest BCUT2D eigenvalue weighted by molar-refractivity contribution is -0.129. The normalized spacial score (nSPS) is 27.4. The third kappa shape index (κ3) is 2.92. The second-order valence-electron chi connectivity index (χ2n) is 6.48. The molecule has 5 nitrogen and oxygen atoms in total. The Labute approximate surface area is 136 Å². The molecule has 5 heteroatoms. The van der Waals surface area contributed by atoms with Gasteiger partial charge in [-0.15, -0.1) is 0 Å². The molecule has 0 radical (unpaired) electrons. The van der Waals surface area contributed by atoms with Crippen molar-refractivity contribution in [2.75, 3.05) is 7.11 Å². The fourth-order valence-corrected chi connectivity index (χ4v) is 3.12. The lowest BCUT2D eigenvalue weighted by Crippen LogP contribution is -2.35. The second kappa shape index (κ2) is 6.22. The van der Waals surface area contributed by atoms with Gasteiger partial charge in [0.05, 0.1) is 24.8 Å². The monoisotopic (exact) mass is 317 g/mol. The average molecular weight is 317 g/mol. The number of hydrogen-bond donors (Lipinski definition) is 0. The minimum absolute atomic E-state index is 0.118. The average Bonchev–Trinajstić information content (AvgIpc) is 3.17. The van der Waals surface area contributed by atoms with Gasteiger partial charge in [0.1, 0.15) is 0 Å². The summed E-state index contributed by atoms with van der Waals surface area (Å²) in [4.78, 5) is 16.6. The van der Waals surface area contributed by atoms with Crippen LogP contribution in [0.5, 0.6) is 11.5 Å². The molecule has 2 atom stereocenters. The van der Waals surface area contributed by atoms with E-state index in [2.05, 4.69) is 5.16 Å². The van der Waals surface area contributed by atoms with E-state index in [-0.39, 0.29) is 12.0 Å². The zero-order valence-corrected chi connectivity index (χ0v) is 13.9. The second-order valence-corrected chi connectivity index (χ2v) is 6.48. The molecule has 1 aliphatic heterocycles. The van der Waals surface area contributed by atoms with Gasteiger partial charge in [0.25, 0.3) is 0 Å². The first-order valence-corrected chi connectivity index (χ1v) is 8.15. The molecule has 1 aromatic rings. The van der Waals surface area contributed by atoms with Gasteiger partial charge in [-0.3, -0.25) is 4.79 Å². The van der Waals surface area contributed by atoms with Crippen LogP contribution in [0.15, 0.2) is 23.4 Å². The van der Waals surface area contributed by atoms with E-state index in [0.717, 1.165) is 36.2 Å². The van der Waals surface area contributed by atoms with E-state index in [1.807, 2.05) is 25.1 Å². The van der Waals surface area contributed by atoms with E-state index in [1.54, 1.807) is 14.0 Å². The topological polar surface area (TPSA) is 57.1 Å². The van der Waals surface area contributed by atoms with Crippen LogP contribution in [-0.2, 0) is 9.63 Å². The summed E-state index contributed by atoms with van der Waals surface area (Å²) in [5, 5.41) is 4.13. The lowest BCUT2D eigenvalue weighted by Gasteiger charge is -2.20. The summed E-state index contributed by atoms with van der Waals surface area (Å²) >= 11 is 0. The molecule has 0 aromatic heterocycles. The number of benzene rings is 1. The smallest absolute Gasteiger partial charge is 0.197 e. The minimum Gasteiger partial charge on any atom is -0.493 e. The zero-order valence-electron chi connectivity index (χ0n) is 13.9. The van der Waals surface area contributed by atoms with Crippen molar-refractivity contribution in [3.05, 3.63) is 23.8 Å². The SMILES string of the molecule is COc1ccc(C2=NOC(C)(C=O)C2C)cc1OC1CCCC1. The van der Waals surface area contributed by atoms with Crippen LogP contribution in [-0.4, -0.2) is 30.8 Å². The summed E-state index contributed by atoms with van der Waals surface area (Å²) in [5.74, 6) is 1.32. The Morgan fingerprint density at radius 2 is 2.04 bits per heavy atom. The summed E-state index contributed by atoms with van der Waals surface area (Å²) in [5.41, 5.74) is 0.761. The number of nitrogens with zero attached hydrogens (tertiary/aromatic N) is 1. The van der Waals surface area contributed by atoms with Crippen molar-refractivity contribution in [2.45, 2.75) is 51.2 Å². The molecule has 0 N–H and O–H groups in total. The van der Waals surface area contributed by atoms with Gasteiger partial charge in [-0.1, -0.05) is 12.1 Å². The Kier molecular flexibility index (Phi) is 4.28. The summed E-state index contributed by atoms with van der Waals surface area (Å²) < 4.78 is 11.5. The predicted octanol–water partition coefficient (Wildman–Crippen LogP) is 3.34. The van der Waals surface area contributed by atoms with Gasteiger partial charge in [-0.05, 0) is 50.8 Å². The summed E-state index contributed by atoms with van der Waals surface area (Å²) in [6.45, 7) is 3.70. The highest BCUT2D eigenvalue weighted by atomic mass is 16.7. The number of aldehydes is 1. The Morgan fingerprint density at radius 3 is 2.65 bits per heavy atom. The molecule has 1 saturated carbocycles. The van der Waals surface area contributed by atoms with E-state index >= 15 is 0 Å². The van der Waals surface area contributed by atoms with Crippen LogP contribution < -0.4 is 9.47 Å². The molecule has 2 unspecified atom stereocenters. The number of carbonyl (C=O) groups excluding carboxylic acids is 1. The van der Waals surface area contributed by atoms with Crippen LogP contribution in [0.1, 0.15) is 45.1 Å². The van der Waals surface area contributed by atoms with Crippen molar-refractivity contribution >= 4 is 12.0 Å². The van der Waals surface area contributed by atoms with Gasteiger partial charge >= 0.3 is 0 Å². The van der Waals surface area contributed by atoms with Crippen molar-refractivity contribution in [3.63, 3.8) is 0 Å². The largest absolute Gasteiger partial charge is 0.493 e. The number of methoxy groups -OCH3 is 1. The van der Waals surface area contributed by atoms with Gasteiger partial charge in [0.2, 0.25) is 0 Å². The molecular weight excluding hydrogens is 294 g/mol. The molecular formula is C18H23NO4. The van der Waals surface area contributed by atoms with Gasteiger partial charge in [0, 0.05) is 5.56 Å². The van der Waals surface area contributed by atoms with Crippen LogP contribution in [0, 0.1) is 5.92 Å². The van der Waals surface area contributed by atoms with Crippen LogP contribution in [0.3, 0.4) is 0 Å². The van der Waals surface area contributed by atoms with Gasteiger partial charge in [-0.2, -0.15) is 0 Å². The maximum absolute atomic E-state index is 11.3. The van der Waals surface area contributed by atoms with Crippen molar-refractivity contribution in [2.24, 2.45) is 11.1 Å². The molecule has 1 fully saturated rings. The number of oxime groups is 1. The fraction of sp³-hybridized carbons (Fsp3) is 0.556. The highest BCUT2D eigenvalue weighted by Crippen LogP contribution is 2.36. The molecule has 23 heavy (non-hydrogen) atoms. The third-order valence-electron chi connectivity index (χ3n) is 4.90. The lowest BCUT2D eigenvalue weighted by atomic mass is 9.86. The molecule has 1 heterocycles. The molecule has 1 aromatic carbocycles. The first kappa shape index (κ1) is 15.8. The van der Waals surface area contributed by atoms with Crippen molar-refractivity contribution < 1.29 is 19.1 Å². The highest BCUT2D eigenvalue weighted by molar-refractivity contribution is 6.05. The molecule has 0 saturated heterocycles. The molecule has 124 valence electrons. The Balaban J connectivity index is 1.87. The van der Waals surface area contributed by atoms with Crippen LogP contribution >= 0.6 is 0 Å². The summed E-state index contributed by atoms with van der Waals surface area (Å²) in [6.07, 6.45) is 5.64. The van der Waals surface area contributed by atoms with E-state index in [1.165, 1.54) is 12.8 Å². The standard InChI is InChI=1S/C18H23NO4/c1-12-17(19-23-18(12,2)11-20)13-8-9-15(21-3)16(10-13)22-14-6-4-5-7-14/h8-12,14H,4-7H2,1-3H3. The third-order valence-corrected chi connectivity index (χ3v) is 4.90. The van der Waals surface area contributed by atoms with Crippen LogP contribution in [0.25, 0.3) is 0 Å². The molecule has 0 spiro atoms. The summed E-state index contributed by atoms with van der Waals surface area (Å²) in [7, 11) is 1.64. The van der Waals surface area contributed by atoms with E-state index < -0.39 is 5.60 Å². The van der Waals surface area contributed by atoms with Crippen LogP contribution in [0.4, 0.5) is 0 Å². The summed E-state index contributed by atoms with van der Waals surface area (Å²) in [6, 6.07) is 5.74. The number of rotatable bonds is 5. The van der Waals surface area contributed by atoms with Gasteiger partial charge in [-0.25, -0.2) is 0 Å². The maximum atomic E-state index is 11.3. The van der Waals surface area contributed by atoms with Crippen LogP contribution in [0.2, 0.25) is 0 Å². The van der Waals surface area contributed by atoms with E-state index in [0.29, 0.717) is 5.75 Å². The highest BCUT2D eigenvalue weighted by Gasteiger charge is 2.42. The quantitative estimate of drug-likeness (QED) is 0.782. The fourth-order valence-electron chi connectivity index (χ4n) is 3.12. The van der Waals surface area contributed by atoms with Gasteiger partial charge < -0.3 is 14.3 Å². The van der Waals surface area contributed by atoms with E-state index in [4.69, 9.17) is 14.3 Å².